The average molecular weight is 351 g/mol. The van der Waals surface area contributed by atoms with E-state index in [1.807, 2.05) is 19.1 Å². The molecule has 7 heteroatoms. The van der Waals surface area contributed by atoms with E-state index in [9.17, 15) is 14.9 Å². The van der Waals surface area contributed by atoms with Crippen LogP contribution in [0.4, 0.5) is 17.1 Å². The topological polar surface area (TPSA) is 92.5 Å². The van der Waals surface area contributed by atoms with Crippen molar-refractivity contribution in [1.82, 2.24) is 0 Å². The first kappa shape index (κ1) is 15.0. The zero-order valence-corrected chi connectivity index (χ0v) is 12.5. The second kappa shape index (κ2) is 5.92. The number of nitrogens with zero attached hydrogens (tertiary/aromatic N) is 1. The van der Waals surface area contributed by atoms with Crippen molar-refractivity contribution < 1.29 is 14.8 Å². The summed E-state index contributed by atoms with van der Waals surface area (Å²) in [5.74, 6) is -1.16. The van der Waals surface area contributed by atoms with E-state index in [1.54, 1.807) is 6.07 Å². The number of aromatic carboxylic acids is 1. The van der Waals surface area contributed by atoms with Crippen LogP contribution in [0.3, 0.4) is 0 Å². The van der Waals surface area contributed by atoms with Gasteiger partial charge in [-0.1, -0.05) is 6.07 Å². The maximum atomic E-state index is 11.2. The molecule has 2 aromatic rings. The Bertz CT molecular complexity index is 731. The third-order valence-electron chi connectivity index (χ3n) is 2.84. The molecule has 0 aliphatic heterocycles. The average Bonchev–Trinajstić information content (AvgIpc) is 2.41. The summed E-state index contributed by atoms with van der Waals surface area (Å²) >= 11 is 3.37. The minimum absolute atomic E-state index is 0.0342. The van der Waals surface area contributed by atoms with Crippen molar-refractivity contribution in [1.29, 1.82) is 0 Å². The fourth-order valence-electron chi connectivity index (χ4n) is 1.80. The number of hydrogen-bond acceptors (Lipinski definition) is 4. The fourth-order valence-corrected chi connectivity index (χ4v) is 2.39. The number of benzene rings is 2. The maximum Gasteiger partial charge on any atom is 0.337 e. The Balaban J connectivity index is 2.48. The summed E-state index contributed by atoms with van der Waals surface area (Å²) in [6.45, 7) is 1.92. The number of aryl methyl sites for hydroxylation is 1. The predicted molar refractivity (Wildman–Crippen MR) is 82.2 cm³/mol. The van der Waals surface area contributed by atoms with E-state index in [0.29, 0.717) is 5.69 Å². The summed E-state index contributed by atoms with van der Waals surface area (Å²) < 4.78 is 0.741. The van der Waals surface area contributed by atoms with Crippen LogP contribution in [0.5, 0.6) is 0 Å². The van der Waals surface area contributed by atoms with E-state index in [-0.39, 0.29) is 16.9 Å². The zero-order valence-electron chi connectivity index (χ0n) is 11.0. The Morgan fingerprint density at radius 1 is 1.24 bits per heavy atom. The van der Waals surface area contributed by atoms with E-state index in [4.69, 9.17) is 5.11 Å². The second-order valence-corrected chi connectivity index (χ2v) is 5.25. The molecule has 0 spiro atoms. The molecule has 2 N–H and O–H groups in total. The van der Waals surface area contributed by atoms with E-state index in [0.717, 1.165) is 10.0 Å². The van der Waals surface area contributed by atoms with Gasteiger partial charge in [0.2, 0.25) is 0 Å². The van der Waals surface area contributed by atoms with Crippen LogP contribution >= 0.6 is 15.9 Å². The van der Waals surface area contributed by atoms with E-state index >= 15 is 0 Å². The van der Waals surface area contributed by atoms with Crippen molar-refractivity contribution in [3.05, 3.63) is 62.1 Å². The molecule has 2 rings (SSSR count). The zero-order chi connectivity index (χ0) is 15.6. The number of nitro groups is 1. The molecule has 0 amide bonds. The van der Waals surface area contributed by atoms with Crippen LogP contribution < -0.4 is 5.32 Å². The minimum atomic E-state index is -1.16. The second-order valence-electron chi connectivity index (χ2n) is 4.40. The highest BCUT2D eigenvalue weighted by molar-refractivity contribution is 9.10. The first-order valence-corrected chi connectivity index (χ1v) is 6.72. The number of carboxylic acid groups (broad SMARTS) is 1. The lowest BCUT2D eigenvalue weighted by Gasteiger charge is -2.11. The largest absolute Gasteiger partial charge is 0.478 e. The summed E-state index contributed by atoms with van der Waals surface area (Å²) in [5, 5.41) is 22.9. The van der Waals surface area contributed by atoms with Gasteiger partial charge in [0, 0.05) is 16.6 Å². The number of carbonyl (C=O) groups is 1. The molecule has 0 saturated heterocycles. The predicted octanol–water partition coefficient (Wildman–Crippen LogP) is 4.11. The molecule has 0 fully saturated rings. The minimum Gasteiger partial charge on any atom is -0.478 e. The van der Waals surface area contributed by atoms with Gasteiger partial charge in [0.1, 0.15) is 0 Å². The molecular weight excluding hydrogens is 340 g/mol. The van der Waals surface area contributed by atoms with E-state index < -0.39 is 10.9 Å². The molecule has 0 radical (unpaired) electrons. The molecule has 0 aliphatic rings. The summed E-state index contributed by atoms with van der Waals surface area (Å²) in [6, 6.07) is 9.06. The fraction of sp³-hybridized carbons (Fsp3) is 0.0714. The number of nitro benzene ring substituents is 1. The summed E-state index contributed by atoms with van der Waals surface area (Å²) in [4.78, 5) is 21.5. The van der Waals surface area contributed by atoms with Crippen LogP contribution in [0.25, 0.3) is 0 Å². The van der Waals surface area contributed by atoms with E-state index in [1.165, 1.54) is 18.2 Å². The van der Waals surface area contributed by atoms with Crippen LogP contribution in [-0.2, 0) is 0 Å². The lowest BCUT2D eigenvalue weighted by Crippen LogP contribution is -2.04. The lowest BCUT2D eigenvalue weighted by molar-refractivity contribution is -0.384. The van der Waals surface area contributed by atoms with Crippen molar-refractivity contribution >= 4 is 39.0 Å². The van der Waals surface area contributed by atoms with Gasteiger partial charge in [-0.3, -0.25) is 10.1 Å². The molecule has 0 bridgehead atoms. The molecule has 0 aliphatic carbocycles. The van der Waals surface area contributed by atoms with Gasteiger partial charge < -0.3 is 10.4 Å². The van der Waals surface area contributed by atoms with Gasteiger partial charge >= 0.3 is 5.97 Å². The molecular formula is C14H11BrN2O4. The molecule has 0 atom stereocenters. The quantitative estimate of drug-likeness (QED) is 0.639. The Hall–Kier alpha value is -2.41. The highest BCUT2D eigenvalue weighted by Gasteiger charge is 2.16. The highest BCUT2D eigenvalue weighted by Crippen LogP contribution is 2.30. The number of hydrogen-bond donors (Lipinski definition) is 2. The van der Waals surface area contributed by atoms with Gasteiger partial charge in [-0.2, -0.15) is 0 Å². The van der Waals surface area contributed by atoms with Gasteiger partial charge in [-0.15, -0.1) is 0 Å². The van der Waals surface area contributed by atoms with Crippen LogP contribution in [0.15, 0.2) is 40.9 Å². The van der Waals surface area contributed by atoms with Crippen molar-refractivity contribution in [2.45, 2.75) is 6.92 Å². The summed E-state index contributed by atoms with van der Waals surface area (Å²) in [6.07, 6.45) is 0. The molecule has 0 saturated carbocycles. The molecule has 0 aromatic heterocycles. The summed E-state index contributed by atoms with van der Waals surface area (Å²) in [7, 11) is 0. The number of halogens is 1. The molecule has 2 aromatic carbocycles. The van der Waals surface area contributed by atoms with Crippen LogP contribution in [0, 0.1) is 17.0 Å². The lowest BCUT2D eigenvalue weighted by atomic mass is 10.1. The number of nitrogens with one attached hydrogen (secondary N) is 1. The number of anilines is 2. The molecule has 6 nitrogen and oxygen atoms in total. The first-order chi connectivity index (χ1) is 9.88. The standard InChI is InChI=1S/C14H11BrN2O4/c1-8-2-5-12(11(15)6-8)16-13-7-9(17(20)21)3-4-10(13)14(18)19/h2-7,16H,1H3,(H,18,19). The highest BCUT2D eigenvalue weighted by atomic mass is 79.9. The van der Waals surface area contributed by atoms with Crippen molar-refractivity contribution in [3.63, 3.8) is 0 Å². The third kappa shape index (κ3) is 3.38. The SMILES string of the molecule is Cc1ccc(Nc2cc([N+](=O)[O-])ccc2C(=O)O)c(Br)c1. The van der Waals surface area contributed by atoms with Crippen LogP contribution in [0.1, 0.15) is 15.9 Å². The van der Waals surface area contributed by atoms with Crippen LogP contribution in [-0.4, -0.2) is 16.0 Å². The number of non-ortho nitro benzene ring substituents is 1. The normalized spacial score (nSPS) is 10.2. The monoisotopic (exact) mass is 350 g/mol. The molecule has 0 heterocycles. The molecule has 21 heavy (non-hydrogen) atoms. The Labute approximate surface area is 128 Å². The van der Waals surface area contributed by atoms with E-state index in [2.05, 4.69) is 21.2 Å². The van der Waals surface area contributed by atoms with Gasteiger partial charge in [-0.05, 0) is 46.6 Å². The molecule has 0 unspecified atom stereocenters. The number of rotatable bonds is 4. The number of carboxylic acids is 1. The molecule has 108 valence electrons. The van der Waals surface area contributed by atoms with Crippen molar-refractivity contribution in [2.75, 3.05) is 5.32 Å². The smallest absolute Gasteiger partial charge is 0.337 e. The summed E-state index contributed by atoms with van der Waals surface area (Å²) in [5.41, 5.74) is 1.62. The third-order valence-corrected chi connectivity index (χ3v) is 3.49. The van der Waals surface area contributed by atoms with Crippen molar-refractivity contribution in [2.24, 2.45) is 0 Å². The Morgan fingerprint density at radius 3 is 2.52 bits per heavy atom. The van der Waals surface area contributed by atoms with Gasteiger partial charge in [-0.25, -0.2) is 4.79 Å². The Morgan fingerprint density at radius 2 is 1.95 bits per heavy atom. The van der Waals surface area contributed by atoms with Gasteiger partial charge in [0.25, 0.3) is 5.69 Å². The van der Waals surface area contributed by atoms with Gasteiger partial charge in [0.15, 0.2) is 0 Å². The maximum absolute atomic E-state index is 11.2. The Kier molecular flexibility index (Phi) is 4.23. The van der Waals surface area contributed by atoms with Crippen LogP contribution in [0.2, 0.25) is 0 Å². The first-order valence-electron chi connectivity index (χ1n) is 5.93. The van der Waals surface area contributed by atoms with Gasteiger partial charge in [0.05, 0.1) is 21.9 Å². The van der Waals surface area contributed by atoms with Crippen molar-refractivity contribution in [3.8, 4) is 0 Å².